The van der Waals surface area contributed by atoms with Crippen LogP contribution >= 0.6 is 0 Å². The standard InChI is InChI=1S/C23H26N2O3/c1-14-23(17-7-5-6-8-19(17)24-14)20(26)13-25-10-9-16-11-21(27-3)22(28-4)12-18(16)15(25)2/h5-8,11-12,15,24H,9-10,13H2,1-4H3. The first-order valence-corrected chi connectivity index (χ1v) is 9.62. The number of hydrogen-bond acceptors (Lipinski definition) is 4. The zero-order chi connectivity index (χ0) is 19.8. The van der Waals surface area contributed by atoms with E-state index in [-0.39, 0.29) is 11.8 Å². The lowest BCUT2D eigenvalue weighted by molar-refractivity contribution is 0.0891. The second kappa shape index (κ2) is 7.32. The molecule has 28 heavy (non-hydrogen) atoms. The fourth-order valence-corrected chi connectivity index (χ4v) is 4.31. The van der Waals surface area contributed by atoms with E-state index in [9.17, 15) is 4.79 Å². The van der Waals surface area contributed by atoms with Crippen molar-refractivity contribution < 1.29 is 14.3 Å². The summed E-state index contributed by atoms with van der Waals surface area (Å²) in [7, 11) is 3.31. The van der Waals surface area contributed by atoms with Gasteiger partial charge in [-0.05, 0) is 49.6 Å². The Hall–Kier alpha value is -2.79. The number of carbonyl (C=O) groups is 1. The third-order valence-electron chi connectivity index (χ3n) is 5.83. The summed E-state index contributed by atoms with van der Waals surface area (Å²) in [6, 6.07) is 12.2. The van der Waals surface area contributed by atoms with Gasteiger partial charge in [-0.2, -0.15) is 0 Å². The number of carbonyl (C=O) groups excluding carboxylic acids is 1. The predicted octanol–water partition coefficient (Wildman–Crippen LogP) is 4.30. The fourth-order valence-electron chi connectivity index (χ4n) is 4.31. The number of aromatic amines is 1. The molecule has 0 radical (unpaired) electrons. The highest BCUT2D eigenvalue weighted by Crippen LogP contribution is 2.38. The van der Waals surface area contributed by atoms with Gasteiger partial charge in [0.05, 0.1) is 20.8 Å². The number of nitrogens with zero attached hydrogens (tertiary/aromatic N) is 1. The maximum absolute atomic E-state index is 13.2. The van der Waals surface area contributed by atoms with Gasteiger partial charge in [-0.25, -0.2) is 0 Å². The van der Waals surface area contributed by atoms with Crippen LogP contribution in [-0.4, -0.2) is 43.0 Å². The van der Waals surface area contributed by atoms with Crippen molar-refractivity contribution in [2.45, 2.75) is 26.3 Å². The lowest BCUT2D eigenvalue weighted by atomic mass is 9.92. The summed E-state index contributed by atoms with van der Waals surface area (Å²) in [5.41, 5.74) is 5.21. The first-order valence-electron chi connectivity index (χ1n) is 9.62. The molecule has 1 aliphatic rings. The summed E-state index contributed by atoms with van der Waals surface area (Å²) in [6.07, 6.45) is 0.889. The number of aromatic nitrogens is 1. The van der Waals surface area contributed by atoms with Crippen molar-refractivity contribution in [3.63, 3.8) is 0 Å². The van der Waals surface area contributed by atoms with Gasteiger partial charge in [0.25, 0.3) is 0 Å². The second-order valence-corrected chi connectivity index (χ2v) is 7.40. The average Bonchev–Trinajstić information content (AvgIpc) is 3.05. The molecule has 1 unspecified atom stereocenters. The van der Waals surface area contributed by atoms with Crippen LogP contribution in [0.3, 0.4) is 0 Å². The van der Waals surface area contributed by atoms with Crippen LogP contribution in [0, 0.1) is 6.92 Å². The van der Waals surface area contributed by atoms with Crippen LogP contribution in [0.5, 0.6) is 11.5 Å². The number of aryl methyl sites for hydroxylation is 1. The number of ether oxygens (including phenoxy) is 2. The molecular formula is C23H26N2O3. The minimum atomic E-state index is 0.137. The Morgan fingerprint density at radius 1 is 1.18 bits per heavy atom. The number of para-hydroxylation sites is 1. The first kappa shape index (κ1) is 18.6. The molecule has 3 aromatic rings. The maximum atomic E-state index is 13.2. The summed E-state index contributed by atoms with van der Waals surface area (Å²) in [6.45, 7) is 5.37. The van der Waals surface area contributed by atoms with Gasteiger partial charge in [0.1, 0.15) is 0 Å². The van der Waals surface area contributed by atoms with Crippen molar-refractivity contribution in [2.24, 2.45) is 0 Å². The normalized spacial score (nSPS) is 16.8. The van der Waals surface area contributed by atoms with Crippen molar-refractivity contribution >= 4 is 16.7 Å². The van der Waals surface area contributed by atoms with Crippen molar-refractivity contribution in [1.29, 1.82) is 0 Å². The van der Waals surface area contributed by atoms with Gasteiger partial charge in [0.15, 0.2) is 17.3 Å². The molecule has 4 rings (SSSR count). The van der Waals surface area contributed by atoms with Crippen LogP contribution < -0.4 is 9.47 Å². The minimum Gasteiger partial charge on any atom is -0.493 e. The molecule has 1 aromatic heterocycles. The summed E-state index contributed by atoms with van der Waals surface area (Å²) in [5.74, 6) is 1.65. The van der Waals surface area contributed by atoms with Gasteiger partial charge in [-0.3, -0.25) is 9.69 Å². The number of fused-ring (bicyclic) bond motifs is 2. The fraction of sp³-hybridized carbons (Fsp3) is 0.348. The second-order valence-electron chi connectivity index (χ2n) is 7.40. The smallest absolute Gasteiger partial charge is 0.179 e. The number of ketones is 1. The first-order chi connectivity index (χ1) is 13.5. The number of rotatable bonds is 5. The lowest BCUT2D eigenvalue weighted by Crippen LogP contribution is -2.37. The molecule has 2 heterocycles. The highest BCUT2D eigenvalue weighted by atomic mass is 16.5. The van der Waals surface area contributed by atoms with Crippen LogP contribution in [0.1, 0.15) is 40.1 Å². The topological polar surface area (TPSA) is 54.6 Å². The molecule has 5 nitrogen and oxygen atoms in total. The molecule has 146 valence electrons. The van der Waals surface area contributed by atoms with Crippen molar-refractivity contribution in [1.82, 2.24) is 9.88 Å². The molecule has 0 saturated carbocycles. The molecule has 1 aliphatic heterocycles. The number of methoxy groups -OCH3 is 2. The van der Waals surface area contributed by atoms with E-state index < -0.39 is 0 Å². The largest absolute Gasteiger partial charge is 0.493 e. The van der Waals surface area contributed by atoms with Crippen LogP contribution in [0.25, 0.3) is 10.9 Å². The molecule has 0 saturated heterocycles. The highest BCUT2D eigenvalue weighted by molar-refractivity contribution is 6.10. The van der Waals surface area contributed by atoms with E-state index >= 15 is 0 Å². The molecule has 0 fully saturated rings. The Labute approximate surface area is 165 Å². The van der Waals surface area contributed by atoms with E-state index in [0.29, 0.717) is 6.54 Å². The number of H-pyrrole nitrogens is 1. The number of benzene rings is 2. The van der Waals surface area contributed by atoms with Crippen LogP contribution in [0.2, 0.25) is 0 Å². The number of hydrogen-bond donors (Lipinski definition) is 1. The summed E-state index contributed by atoms with van der Waals surface area (Å²) < 4.78 is 10.9. The summed E-state index contributed by atoms with van der Waals surface area (Å²) in [5, 5.41) is 1.00. The molecule has 5 heteroatoms. The predicted molar refractivity (Wildman–Crippen MR) is 111 cm³/mol. The summed E-state index contributed by atoms with van der Waals surface area (Å²) >= 11 is 0. The maximum Gasteiger partial charge on any atom is 0.179 e. The average molecular weight is 378 g/mol. The van der Waals surface area contributed by atoms with Crippen LogP contribution in [-0.2, 0) is 6.42 Å². The number of Topliss-reactive ketones (excluding diaryl/α,β-unsaturated/α-hetero) is 1. The zero-order valence-electron chi connectivity index (χ0n) is 16.8. The SMILES string of the molecule is COc1cc2c(cc1OC)C(C)N(CC(=O)c1c(C)[nH]c3ccccc13)CC2. The monoisotopic (exact) mass is 378 g/mol. The van der Waals surface area contributed by atoms with Gasteiger partial charge < -0.3 is 14.5 Å². The van der Waals surface area contributed by atoms with Crippen LogP contribution in [0.15, 0.2) is 36.4 Å². The van der Waals surface area contributed by atoms with E-state index in [0.717, 1.165) is 46.6 Å². The third-order valence-corrected chi connectivity index (χ3v) is 5.83. The van der Waals surface area contributed by atoms with Gasteiger partial charge in [0, 0.05) is 34.7 Å². The Morgan fingerprint density at radius 3 is 2.64 bits per heavy atom. The molecule has 0 amide bonds. The van der Waals surface area contributed by atoms with Crippen molar-refractivity contribution in [3.8, 4) is 11.5 Å². The van der Waals surface area contributed by atoms with E-state index in [1.807, 2.05) is 37.3 Å². The summed E-state index contributed by atoms with van der Waals surface area (Å²) in [4.78, 5) is 18.8. The Balaban J connectivity index is 1.61. The molecule has 0 aliphatic carbocycles. The third kappa shape index (κ3) is 3.06. The van der Waals surface area contributed by atoms with Crippen molar-refractivity contribution in [3.05, 3.63) is 58.8 Å². The molecule has 2 aromatic carbocycles. The van der Waals surface area contributed by atoms with E-state index in [1.165, 1.54) is 11.1 Å². The number of nitrogens with one attached hydrogen (secondary N) is 1. The van der Waals surface area contributed by atoms with E-state index in [1.54, 1.807) is 14.2 Å². The van der Waals surface area contributed by atoms with Gasteiger partial charge in [-0.15, -0.1) is 0 Å². The minimum absolute atomic E-state index is 0.137. The van der Waals surface area contributed by atoms with E-state index in [2.05, 4.69) is 22.9 Å². The quantitative estimate of drug-likeness (QED) is 0.673. The molecule has 1 N–H and O–H groups in total. The van der Waals surface area contributed by atoms with E-state index in [4.69, 9.17) is 9.47 Å². The molecule has 0 bridgehead atoms. The zero-order valence-corrected chi connectivity index (χ0v) is 16.8. The lowest BCUT2D eigenvalue weighted by Gasteiger charge is -2.35. The molecular weight excluding hydrogens is 352 g/mol. The Morgan fingerprint density at radius 2 is 1.89 bits per heavy atom. The highest BCUT2D eigenvalue weighted by Gasteiger charge is 2.28. The van der Waals surface area contributed by atoms with Gasteiger partial charge in [0.2, 0.25) is 0 Å². The Bertz CT molecular complexity index is 1040. The Kier molecular flexibility index (Phi) is 4.85. The van der Waals surface area contributed by atoms with Crippen LogP contribution in [0.4, 0.5) is 0 Å². The van der Waals surface area contributed by atoms with Gasteiger partial charge >= 0.3 is 0 Å². The van der Waals surface area contributed by atoms with Crippen molar-refractivity contribution in [2.75, 3.05) is 27.3 Å². The molecule has 0 spiro atoms. The molecule has 1 atom stereocenters. The van der Waals surface area contributed by atoms with Gasteiger partial charge in [-0.1, -0.05) is 18.2 Å².